The van der Waals surface area contributed by atoms with Crippen molar-refractivity contribution in [1.29, 1.82) is 5.26 Å². The first-order valence-corrected chi connectivity index (χ1v) is 7.89. The van der Waals surface area contributed by atoms with E-state index >= 15 is 0 Å². The number of piperidine rings is 2. The monoisotopic (exact) mass is 302 g/mol. The normalized spacial score (nSPS) is 27.6. The van der Waals surface area contributed by atoms with Crippen LogP contribution >= 0.6 is 0 Å². The summed E-state index contributed by atoms with van der Waals surface area (Å²) in [5, 5.41) is 29.3. The van der Waals surface area contributed by atoms with Gasteiger partial charge in [0.25, 0.3) is 0 Å². The highest BCUT2D eigenvalue weighted by atomic mass is 16.3. The van der Waals surface area contributed by atoms with Gasteiger partial charge in [-0.15, -0.1) is 0 Å². The maximum atomic E-state index is 10.5. The lowest BCUT2D eigenvalue weighted by Gasteiger charge is -2.44. The van der Waals surface area contributed by atoms with Gasteiger partial charge in [-0.3, -0.25) is 4.90 Å². The number of aromatic nitrogens is 1. The Bertz CT molecular complexity index is 551. The molecular weight excluding hydrogens is 280 g/mol. The van der Waals surface area contributed by atoms with Crippen molar-refractivity contribution in [2.45, 2.75) is 37.5 Å². The van der Waals surface area contributed by atoms with Gasteiger partial charge >= 0.3 is 0 Å². The largest absolute Gasteiger partial charge is 0.393 e. The SMILES string of the molecule is N#Cc1cccnc1N1CC[C@@H](N2CCC(O)CC2)[C@H](O)C1. The minimum absolute atomic E-state index is 0.137. The van der Waals surface area contributed by atoms with Gasteiger partial charge < -0.3 is 15.1 Å². The van der Waals surface area contributed by atoms with Crippen LogP contribution in [0.2, 0.25) is 0 Å². The van der Waals surface area contributed by atoms with Gasteiger partial charge in [-0.2, -0.15) is 5.26 Å². The summed E-state index contributed by atoms with van der Waals surface area (Å²) in [7, 11) is 0. The summed E-state index contributed by atoms with van der Waals surface area (Å²) in [6.07, 6.45) is 3.44. The Hall–Kier alpha value is -1.68. The van der Waals surface area contributed by atoms with E-state index in [2.05, 4.69) is 16.0 Å². The quantitative estimate of drug-likeness (QED) is 0.820. The molecule has 0 spiro atoms. The third-order valence-corrected chi connectivity index (χ3v) is 4.72. The van der Waals surface area contributed by atoms with E-state index in [-0.39, 0.29) is 12.1 Å². The predicted molar refractivity (Wildman–Crippen MR) is 82.4 cm³/mol. The second-order valence-electron chi connectivity index (χ2n) is 6.12. The zero-order valence-corrected chi connectivity index (χ0v) is 12.6. The van der Waals surface area contributed by atoms with Crippen molar-refractivity contribution in [3.8, 4) is 6.07 Å². The first-order valence-electron chi connectivity index (χ1n) is 7.89. The second kappa shape index (κ2) is 6.61. The molecule has 1 aromatic heterocycles. The molecule has 22 heavy (non-hydrogen) atoms. The number of likely N-dealkylation sites (tertiary alicyclic amines) is 1. The van der Waals surface area contributed by atoms with Crippen LogP contribution in [-0.2, 0) is 0 Å². The van der Waals surface area contributed by atoms with E-state index in [4.69, 9.17) is 0 Å². The van der Waals surface area contributed by atoms with E-state index in [1.165, 1.54) is 0 Å². The Balaban J connectivity index is 1.66. The summed E-state index contributed by atoms with van der Waals surface area (Å²) in [5.41, 5.74) is 0.550. The molecular formula is C16H22N4O2. The van der Waals surface area contributed by atoms with Crippen molar-refractivity contribution in [3.63, 3.8) is 0 Å². The van der Waals surface area contributed by atoms with Gasteiger partial charge in [0.2, 0.25) is 0 Å². The Morgan fingerprint density at radius 3 is 2.64 bits per heavy atom. The molecule has 0 unspecified atom stereocenters. The van der Waals surface area contributed by atoms with Crippen LogP contribution in [-0.4, -0.2) is 64.5 Å². The number of β-amino-alcohol motifs (C(OH)–C–C–N with tert-alkyl or cyclic N) is 1. The molecule has 3 rings (SSSR count). The smallest absolute Gasteiger partial charge is 0.146 e. The lowest BCUT2D eigenvalue weighted by atomic mass is 9.96. The number of aliphatic hydroxyl groups is 2. The van der Waals surface area contributed by atoms with Crippen LogP contribution < -0.4 is 4.90 Å². The van der Waals surface area contributed by atoms with E-state index in [1.54, 1.807) is 18.3 Å². The number of nitrogens with zero attached hydrogens (tertiary/aromatic N) is 4. The molecule has 3 heterocycles. The highest BCUT2D eigenvalue weighted by Crippen LogP contribution is 2.25. The molecule has 0 bridgehead atoms. The molecule has 6 nitrogen and oxygen atoms in total. The number of rotatable bonds is 2. The number of pyridine rings is 1. The summed E-state index contributed by atoms with van der Waals surface area (Å²) in [6.45, 7) is 2.97. The Morgan fingerprint density at radius 1 is 1.18 bits per heavy atom. The van der Waals surface area contributed by atoms with Gasteiger partial charge in [0, 0.05) is 38.4 Å². The van der Waals surface area contributed by atoms with Crippen LogP contribution in [0.4, 0.5) is 5.82 Å². The van der Waals surface area contributed by atoms with Crippen molar-refractivity contribution in [1.82, 2.24) is 9.88 Å². The van der Waals surface area contributed by atoms with Gasteiger partial charge in [-0.25, -0.2) is 4.98 Å². The van der Waals surface area contributed by atoms with Crippen molar-refractivity contribution in [2.75, 3.05) is 31.1 Å². The second-order valence-corrected chi connectivity index (χ2v) is 6.12. The molecule has 6 heteroatoms. The Kier molecular flexibility index (Phi) is 4.57. The zero-order chi connectivity index (χ0) is 15.5. The van der Waals surface area contributed by atoms with Gasteiger partial charge in [0.1, 0.15) is 11.9 Å². The molecule has 2 aliphatic rings. The number of anilines is 1. The minimum Gasteiger partial charge on any atom is -0.393 e. The number of hydrogen-bond donors (Lipinski definition) is 2. The number of nitriles is 1. The molecule has 118 valence electrons. The molecule has 0 aliphatic carbocycles. The fraction of sp³-hybridized carbons (Fsp3) is 0.625. The van der Waals surface area contributed by atoms with Crippen molar-refractivity contribution >= 4 is 5.82 Å². The average molecular weight is 302 g/mol. The number of aliphatic hydroxyl groups excluding tert-OH is 2. The van der Waals surface area contributed by atoms with E-state index in [0.717, 1.165) is 38.9 Å². The molecule has 0 aromatic carbocycles. The molecule has 2 fully saturated rings. The fourth-order valence-corrected chi connectivity index (χ4v) is 3.49. The molecule has 2 saturated heterocycles. The predicted octanol–water partition coefficient (Wildman–Crippen LogP) is 0.350. The molecule has 0 saturated carbocycles. The zero-order valence-electron chi connectivity index (χ0n) is 12.6. The van der Waals surface area contributed by atoms with Crippen LogP contribution in [0.15, 0.2) is 18.3 Å². The topological polar surface area (TPSA) is 83.6 Å². The summed E-state index contributed by atoms with van der Waals surface area (Å²) in [5.74, 6) is 0.663. The standard InChI is InChI=1S/C16H22N4O2/c17-10-12-2-1-6-18-16(12)20-9-5-14(15(22)11-20)19-7-3-13(21)4-8-19/h1-2,6,13-15,21-22H,3-5,7-9,11H2/t14-,15-/m1/s1. The van der Waals surface area contributed by atoms with Crippen LogP contribution in [0, 0.1) is 11.3 Å². The maximum Gasteiger partial charge on any atom is 0.146 e. The first-order chi connectivity index (χ1) is 10.7. The average Bonchev–Trinajstić information content (AvgIpc) is 2.56. The molecule has 1 aromatic rings. The minimum atomic E-state index is -0.461. The molecule has 2 atom stereocenters. The van der Waals surface area contributed by atoms with Gasteiger partial charge in [0.05, 0.1) is 17.8 Å². The van der Waals surface area contributed by atoms with Crippen LogP contribution in [0.5, 0.6) is 0 Å². The lowest BCUT2D eigenvalue weighted by molar-refractivity contribution is -0.000227. The maximum absolute atomic E-state index is 10.5. The number of hydrogen-bond acceptors (Lipinski definition) is 6. The summed E-state index contributed by atoms with van der Waals surface area (Å²) in [4.78, 5) is 8.59. The van der Waals surface area contributed by atoms with Gasteiger partial charge in [-0.1, -0.05) is 0 Å². The molecule has 2 aliphatic heterocycles. The van der Waals surface area contributed by atoms with E-state index in [1.807, 2.05) is 4.90 Å². The summed E-state index contributed by atoms with van der Waals surface area (Å²) in [6, 6.07) is 5.81. The molecule has 0 amide bonds. The van der Waals surface area contributed by atoms with E-state index in [9.17, 15) is 15.5 Å². The fourth-order valence-electron chi connectivity index (χ4n) is 3.49. The van der Waals surface area contributed by atoms with Crippen molar-refractivity contribution in [2.24, 2.45) is 0 Å². The van der Waals surface area contributed by atoms with Crippen molar-refractivity contribution in [3.05, 3.63) is 23.9 Å². The highest BCUT2D eigenvalue weighted by Gasteiger charge is 2.34. The van der Waals surface area contributed by atoms with Crippen LogP contribution in [0.1, 0.15) is 24.8 Å². The third kappa shape index (κ3) is 3.07. The summed E-state index contributed by atoms with van der Waals surface area (Å²) < 4.78 is 0. The molecule has 2 N–H and O–H groups in total. The first kappa shape index (κ1) is 15.2. The van der Waals surface area contributed by atoms with Crippen molar-refractivity contribution < 1.29 is 10.2 Å². The highest BCUT2D eigenvalue weighted by molar-refractivity contribution is 5.53. The van der Waals surface area contributed by atoms with Crippen LogP contribution in [0.3, 0.4) is 0 Å². The Labute approximate surface area is 130 Å². The lowest BCUT2D eigenvalue weighted by Crippen LogP contribution is -2.56. The van der Waals surface area contributed by atoms with E-state index < -0.39 is 6.10 Å². The molecule has 0 radical (unpaired) electrons. The van der Waals surface area contributed by atoms with Crippen LogP contribution in [0.25, 0.3) is 0 Å². The summed E-state index contributed by atoms with van der Waals surface area (Å²) >= 11 is 0. The Morgan fingerprint density at radius 2 is 1.95 bits per heavy atom. The van der Waals surface area contributed by atoms with E-state index in [0.29, 0.717) is 17.9 Å². The van der Waals surface area contributed by atoms with Gasteiger partial charge in [0.15, 0.2) is 0 Å². The van der Waals surface area contributed by atoms with Gasteiger partial charge in [-0.05, 0) is 31.4 Å². The third-order valence-electron chi connectivity index (χ3n) is 4.72.